The van der Waals surface area contributed by atoms with E-state index in [9.17, 15) is 0 Å². The molecule has 0 fully saturated rings. The van der Waals surface area contributed by atoms with Gasteiger partial charge in [-0.1, -0.05) is 82.1 Å². The van der Waals surface area contributed by atoms with Gasteiger partial charge in [-0.15, -0.1) is 0 Å². The van der Waals surface area contributed by atoms with Gasteiger partial charge in [0.05, 0.1) is 5.39 Å². The molecule has 37 heavy (non-hydrogen) atoms. The summed E-state index contributed by atoms with van der Waals surface area (Å²) in [6.07, 6.45) is 8.43. The van der Waals surface area contributed by atoms with Crippen LogP contribution in [0.4, 0.5) is 0 Å². The van der Waals surface area contributed by atoms with Gasteiger partial charge in [0.15, 0.2) is 5.69 Å². The fourth-order valence-electron chi connectivity index (χ4n) is 7.84. The summed E-state index contributed by atoms with van der Waals surface area (Å²) in [7, 11) is 0. The number of hydrogen-bond donors (Lipinski definition) is 0. The molecular weight excluding hydrogens is 448 g/mol. The quantitative estimate of drug-likeness (QED) is 0.166. The lowest BCUT2D eigenvalue weighted by atomic mass is 9.59. The van der Waals surface area contributed by atoms with Gasteiger partial charge >= 0.3 is 0 Å². The van der Waals surface area contributed by atoms with Gasteiger partial charge in [0.1, 0.15) is 17.3 Å². The molecule has 2 heteroatoms. The van der Waals surface area contributed by atoms with E-state index < -0.39 is 0 Å². The van der Waals surface area contributed by atoms with Gasteiger partial charge in [0.2, 0.25) is 0 Å². The Morgan fingerprint density at radius 3 is 2.24 bits per heavy atom. The second kappa shape index (κ2) is 8.45. The van der Waals surface area contributed by atoms with Crippen LogP contribution in [0.5, 0.6) is 0 Å². The van der Waals surface area contributed by atoms with Gasteiger partial charge in [-0.2, -0.15) is 4.40 Å². The van der Waals surface area contributed by atoms with Gasteiger partial charge in [-0.25, -0.2) is 4.57 Å². The van der Waals surface area contributed by atoms with Crippen molar-refractivity contribution in [2.75, 3.05) is 0 Å². The number of imidazole rings is 1. The van der Waals surface area contributed by atoms with Gasteiger partial charge in [-0.05, 0) is 75.3 Å². The Labute approximate surface area is 222 Å². The Kier molecular flexibility index (Phi) is 5.53. The van der Waals surface area contributed by atoms with E-state index in [1.807, 2.05) is 0 Å². The Balaban J connectivity index is 1.93. The maximum atomic E-state index is 2.75. The topological polar surface area (TPSA) is 8.29 Å². The summed E-state index contributed by atoms with van der Waals surface area (Å²) in [5.74, 6) is 0. The SMILES string of the molecule is CCCCC1(CC)[n+]2cc(-c3c(C)cccc3C)n3c4ccc(C)cc4c4cccc(c4c32)C1(C)CC. The van der Waals surface area contributed by atoms with E-state index in [-0.39, 0.29) is 11.0 Å². The van der Waals surface area contributed by atoms with E-state index in [0.29, 0.717) is 0 Å². The van der Waals surface area contributed by atoms with Crippen molar-refractivity contribution in [3.8, 4) is 11.3 Å². The number of benzene rings is 3. The maximum Gasteiger partial charge on any atom is 0.296 e. The Morgan fingerprint density at radius 1 is 0.838 bits per heavy atom. The second-order valence-electron chi connectivity index (χ2n) is 11.7. The highest BCUT2D eigenvalue weighted by Gasteiger charge is 2.56. The van der Waals surface area contributed by atoms with Crippen LogP contribution in [0.3, 0.4) is 0 Å². The first-order valence-corrected chi connectivity index (χ1v) is 14.3. The molecule has 0 amide bonds. The summed E-state index contributed by atoms with van der Waals surface area (Å²) in [4.78, 5) is 0. The minimum absolute atomic E-state index is 0.0253. The summed E-state index contributed by atoms with van der Waals surface area (Å²) in [6, 6.07) is 20.9. The van der Waals surface area contributed by atoms with Gasteiger partial charge in [0.25, 0.3) is 5.65 Å². The molecule has 3 aromatic carbocycles. The molecule has 5 aromatic rings. The van der Waals surface area contributed by atoms with Crippen molar-refractivity contribution in [1.82, 2.24) is 4.40 Å². The van der Waals surface area contributed by atoms with Crippen LogP contribution < -0.4 is 4.57 Å². The zero-order chi connectivity index (χ0) is 26.1. The van der Waals surface area contributed by atoms with Gasteiger partial charge < -0.3 is 0 Å². The predicted molar refractivity (Wildman–Crippen MR) is 158 cm³/mol. The van der Waals surface area contributed by atoms with Crippen LogP contribution in [-0.2, 0) is 11.0 Å². The maximum absolute atomic E-state index is 2.75. The minimum Gasteiger partial charge on any atom is -0.223 e. The molecule has 1 aliphatic heterocycles. The lowest BCUT2D eigenvalue weighted by molar-refractivity contribution is -0.755. The summed E-state index contributed by atoms with van der Waals surface area (Å²) >= 11 is 0. The fraction of sp³-hybridized carbons (Fsp3) is 0.400. The Morgan fingerprint density at radius 2 is 1.57 bits per heavy atom. The van der Waals surface area contributed by atoms with E-state index >= 15 is 0 Å². The predicted octanol–water partition coefficient (Wildman–Crippen LogP) is 9.10. The minimum atomic E-state index is 0.0253. The Hall–Kier alpha value is -3.13. The molecule has 0 saturated carbocycles. The summed E-state index contributed by atoms with van der Waals surface area (Å²) in [5.41, 5.74) is 11.0. The van der Waals surface area contributed by atoms with Crippen LogP contribution in [0, 0.1) is 20.8 Å². The molecule has 1 aliphatic rings. The summed E-state index contributed by atoms with van der Waals surface area (Å²) < 4.78 is 5.36. The number of aromatic nitrogens is 2. The van der Waals surface area contributed by atoms with Crippen molar-refractivity contribution in [3.05, 3.63) is 83.0 Å². The zero-order valence-corrected chi connectivity index (χ0v) is 23.7. The Bertz CT molecular complexity index is 1670. The molecule has 0 bridgehead atoms. The van der Waals surface area contributed by atoms with Crippen molar-refractivity contribution >= 4 is 27.3 Å². The highest BCUT2D eigenvalue weighted by molar-refractivity contribution is 6.13. The van der Waals surface area contributed by atoms with Crippen molar-refractivity contribution in [2.24, 2.45) is 0 Å². The number of pyridine rings is 1. The van der Waals surface area contributed by atoms with Crippen LogP contribution in [0.25, 0.3) is 38.6 Å². The highest BCUT2D eigenvalue weighted by Crippen LogP contribution is 2.53. The third-order valence-corrected chi connectivity index (χ3v) is 9.96. The molecule has 6 rings (SSSR count). The van der Waals surface area contributed by atoms with Crippen LogP contribution in [0.15, 0.2) is 60.8 Å². The smallest absolute Gasteiger partial charge is 0.223 e. The van der Waals surface area contributed by atoms with Crippen molar-refractivity contribution in [2.45, 2.75) is 91.5 Å². The van der Waals surface area contributed by atoms with Gasteiger partial charge in [0, 0.05) is 21.8 Å². The third-order valence-electron chi connectivity index (χ3n) is 9.96. The first kappa shape index (κ1) is 24.2. The molecule has 2 unspecified atom stereocenters. The molecule has 0 spiro atoms. The molecule has 3 heterocycles. The van der Waals surface area contributed by atoms with E-state index in [1.165, 1.54) is 80.1 Å². The molecule has 2 aromatic heterocycles. The standard InChI is InChI=1S/C35H41N2/c1-8-11-20-35(10-3)34(7,9-2)28-17-13-16-26-27-21-23(4)18-19-29(27)37-30(22-36(35)33(37)32(26)28)31-24(5)14-12-15-25(31)6/h12-19,21-22H,8-11,20H2,1-7H3/q+1. The largest absolute Gasteiger partial charge is 0.296 e. The van der Waals surface area contributed by atoms with Gasteiger partial charge in [-0.3, -0.25) is 0 Å². The number of rotatable bonds is 6. The normalized spacial score (nSPS) is 21.1. The molecule has 190 valence electrons. The molecule has 0 radical (unpaired) electrons. The lowest BCUT2D eigenvalue weighted by Gasteiger charge is -2.49. The molecule has 0 aliphatic carbocycles. The molecule has 0 N–H and O–H groups in total. The fourth-order valence-corrected chi connectivity index (χ4v) is 7.84. The zero-order valence-electron chi connectivity index (χ0n) is 23.7. The van der Waals surface area contributed by atoms with E-state index in [0.717, 1.165) is 12.8 Å². The molecular formula is C35H41N2+. The lowest BCUT2D eigenvalue weighted by Crippen LogP contribution is -2.67. The van der Waals surface area contributed by atoms with E-state index in [2.05, 4.69) is 118 Å². The van der Waals surface area contributed by atoms with Crippen LogP contribution >= 0.6 is 0 Å². The average molecular weight is 490 g/mol. The number of aryl methyl sites for hydroxylation is 3. The monoisotopic (exact) mass is 489 g/mol. The van der Waals surface area contributed by atoms with Crippen LogP contribution in [0.2, 0.25) is 0 Å². The summed E-state index contributed by atoms with van der Waals surface area (Å²) in [5, 5.41) is 4.20. The van der Waals surface area contributed by atoms with E-state index in [4.69, 9.17) is 0 Å². The average Bonchev–Trinajstić information content (AvgIpc) is 3.29. The van der Waals surface area contributed by atoms with Crippen molar-refractivity contribution in [3.63, 3.8) is 0 Å². The first-order valence-electron chi connectivity index (χ1n) is 14.3. The third kappa shape index (κ3) is 3.02. The van der Waals surface area contributed by atoms with Crippen LogP contribution in [-0.4, -0.2) is 4.40 Å². The number of nitrogens with zero attached hydrogens (tertiary/aromatic N) is 2. The van der Waals surface area contributed by atoms with Crippen molar-refractivity contribution < 1.29 is 4.57 Å². The molecule has 2 atom stereocenters. The van der Waals surface area contributed by atoms with Crippen molar-refractivity contribution in [1.29, 1.82) is 0 Å². The van der Waals surface area contributed by atoms with Crippen LogP contribution in [0.1, 0.15) is 82.1 Å². The second-order valence-corrected chi connectivity index (χ2v) is 11.7. The number of hydrogen-bond acceptors (Lipinski definition) is 0. The summed E-state index contributed by atoms with van der Waals surface area (Å²) in [6.45, 7) is 16.5. The molecule has 0 saturated heterocycles. The van der Waals surface area contributed by atoms with E-state index in [1.54, 1.807) is 0 Å². The highest BCUT2D eigenvalue weighted by atomic mass is 15.2. The number of unbranched alkanes of at least 4 members (excludes halogenated alkanes) is 1. The molecule has 2 nitrogen and oxygen atoms in total. The first-order chi connectivity index (χ1) is 17.8. The number of fused-ring (bicyclic) bond motifs is 3.